The average molecular weight is 343 g/mol. The molecule has 1 atom stereocenters. The predicted octanol–water partition coefficient (Wildman–Crippen LogP) is 3.32. The number of rotatable bonds is 4. The van der Waals surface area contributed by atoms with Crippen LogP contribution in [0.15, 0.2) is 47.4 Å². The van der Waals surface area contributed by atoms with Crippen LogP contribution in [0.1, 0.15) is 0 Å². The van der Waals surface area contributed by atoms with Gasteiger partial charge in [0.25, 0.3) is 0 Å². The Kier molecular flexibility index (Phi) is 5.22. The lowest BCUT2D eigenvalue weighted by Gasteiger charge is -2.08. The van der Waals surface area contributed by atoms with E-state index in [1.54, 1.807) is 36.4 Å². The summed E-state index contributed by atoms with van der Waals surface area (Å²) in [6, 6.07) is 11.5. The maximum atomic E-state index is 12.2. The highest BCUT2D eigenvalue weighted by atomic mass is 35.5. The van der Waals surface area contributed by atoms with Crippen LogP contribution < -0.4 is 11.1 Å². The molecular weight excluding hydrogens is 331 g/mol. The fourth-order valence-corrected chi connectivity index (χ4v) is 3.13. The summed E-state index contributed by atoms with van der Waals surface area (Å²) in [6.07, 6.45) is 0. The van der Waals surface area contributed by atoms with E-state index < -0.39 is 16.7 Å². The highest BCUT2D eigenvalue weighted by Crippen LogP contribution is 2.23. The van der Waals surface area contributed by atoms with Gasteiger partial charge in [-0.2, -0.15) is 0 Å². The topological polar surface area (TPSA) is 72.2 Å². The van der Waals surface area contributed by atoms with Crippen molar-refractivity contribution in [2.24, 2.45) is 0 Å². The van der Waals surface area contributed by atoms with E-state index in [1.807, 2.05) is 0 Å². The SMILES string of the molecule is Nc1ccc(Cl)cc1S(=O)CC(=O)Nc1ccccc1Cl. The molecule has 0 aliphatic heterocycles. The van der Waals surface area contributed by atoms with E-state index in [1.165, 1.54) is 6.07 Å². The molecule has 0 radical (unpaired) electrons. The lowest BCUT2D eigenvalue weighted by molar-refractivity contribution is -0.113. The van der Waals surface area contributed by atoms with Crippen LogP contribution in [0, 0.1) is 0 Å². The van der Waals surface area contributed by atoms with E-state index in [4.69, 9.17) is 28.9 Å². The van der Waals surface area contributed by atoms with Crippen molar-refractivity contribution in [2.45, 2.75) is 4.90 Å². The summed E-state index contributed by atoms with van der Waals surface area (Å²) >= 11 is 11.8. The molecule has 2 aromatic rings. The number of hydrogen-bond acceptors (Lipinski definition) is 3. The summed E-state index contributed by atoms with van der Waals surface area (Å²) in [5.41, 5.74) is 6.55. The van der Waals surface area contributed by atoms with Crippen LogP contribution in [-0.2, 0) is 15.6 Å². The largest absolute Gasteiger partial charge is 0.398 e. The quantitative estimate of drug-likeness (QED) is 0.837. The molecule has 0 aliphatic carbocycles. The molecule has 0 aromatic heterocycles. The first-order valence-corrected chi connectivity index (χ1v) is 8.02. The van der Waals surface area contributed by atoms with Crippen LogP contribution in [0.2, 0.25) is 10.0 Å². The van der Waals surface area contributed by atoms with Gasteiger partial charge in [-0.05, 0) is 30.3 Å². The Morgan fingerprint density at radius 2 is 1.90 bits per heavy atom. The number of para-hydroxylation sites is 1. The Labute approximate surface area is 134 Å². The maximum absolute atomic E-state index is 12.2. The van der Waals surface area contributed by atoms with Crippen molar-refractivity contribution in [1.82, 2.24) is 0 Å². The molecule has 0 spiro atoms. The second-order valence-electron chi connectivity index (χ2n) is 4.20. The minimum Gasteiger partial charge on any atom is -0.398 e. The summed E-state index contributed by atoms with van der Waals surface area (Å²) in [4.78, 5) is 12.3. The van der Waals surface area contributed by atoms with Crippen molar-refractivity contribution in [3.05, 3.63) is 52.5 Å². The molecule has 0 bridgehead atoms. The van der Waals surface area contributed by atoms with Gasteiger partial charge in [0.05, 0.1) is 26.4 Å². The van der Waals surface area contributed by atoms with Crippen molar-refractivity contribution in [2.75, 3.05) is 16.8 Å². The summed E-state index contributed by atoms with van der Waals surface area (Å²) < 4.78 is 12.2. The van der Waals surface area contributed by atoms with E-state index in [0.29, 0.717) is 26.3 Å². The summed E-state index contributed by atoms with van der Waals surface area (Å²) in [7, 11) is -1.58. The molecule has 7 heteroatoms. The molecule has 2 rings (SSSR count). The molecule has 0 heterocycles. The fraction of sp³-hybridized carbons (Fsp3) is 0.0714. The van der Waals surface area contributed by atoms with Gasteiger partial charge in [-0.3, -0.25) is 9.00 Å². The second kappa shape index (κ2) is 6.93. The zero-order valence-corrected chi connectivity index (χ0v) is 13.1. The normalized spacial score (nSPS) is 11.9. The maximum Gasteiger partial charge on any atom is 0.237 e. The Bertz CT molecular complexity index is 707. The molecule has 0 saturated heterocycles. The summed E-state index contributed by atoms with van der Waals surface area (Å²) in [5.74, 6) is -0.642. The first-order chi connectivity index (χ1) is 9.97. The van der Waals surface area contributed by atoms with Crippen molar-refractivity contribution in [1.29, 1.82) is 0 Å². The number of halogens is 2. The number of hydrogen-bond donors (Lipinski definition) is 2. The number of nitrogen functional groups attached to an aromatic ring is 1. The van der Waals surface area contributed by atoms with E-state index in [-0.39, 0.29) is 5.75 Å². The molecule has 4 nitrogen and oxygen atoms in total. The highest BCUT2D eigenvalue weighted by Gasteiger charge is 2.14. The number of benzene rings is 2. The molecule has 0 fully saturated rings. The van der Waals surface area contributed by atoms with E-state index in [0.717, 1.165) is 0 Å². The standard InChI is InChI=1S/C14H12Cl2N2O2S/c15-9-5-6-11(17)13(7-9)21(20)8-14(19)18-12-4-2-1-3-10(12)16/h1-7H,8,17H2,(H,18,19). The van der Waals surface area contributed by atoms with E-state index in [2.05, 4.69) is 5.32 Å². The number of carbonyl (C=O) groups excluding carboxylic acids is 1. The third-order valence-corrected chi connectivity index (χ3v) is 4.56. The molecule has 110 valence electrons. The smallest absolute Gasteiger partial charge is 0.237 e. The number of amides is 1. The highest BCUT2D eigenvalue weighted by molar-refractivity contribution is 7.86. The predicted molar refractivity (Wildman–Crippen MR) is 87.2 cm³/mol. The van der Waals surface area contributed by atoms with Crippen molar-refractivity contribution in [3.63, 3.8) is 0 Å². The molecule has 0 aliphatic rings. The zero-order valence-electron chi connectivity index (χ0n) is 10.8. The van der Waals surface area contributed by atoms with Gasteiger partial charge in [0.1, 0.15) is 5.75 Å². The van der Waals surface area contributed by atoms with E-state index >= 15 is 0 Å². The van der Waals surface area contributed by atoms with Gasteiger partial charge < -0.3 is 11.1 Å². The van der Waals surface area contributed by atoms with Gasteiger partial charge in [-0.25, -0.2) is 0 Å². The molecule has 1 unspecified atom stereocenters. The number of carbonyl (C=O) groups is 1. The Morgan fingerprint density at radius 1 is 1.19 bits per heavy atom. The molecule has 21 heavy (non-hydrogen) atoms. The Hall–Kier alpha value is -1.56. The lowest BCUT2D eigenvalue weighted by Crippen LogP contribution is -2.20. The third-order valence-electron chi connectivity index (χ3n) is 2.63. The van der Waals surface area contributed by atoms with Crippen LogP contribution in [0.3, 0.4) is 0 Å². The van der Waals surface area contributed by atoms with Crippen LogP contribution in [0.5, 0.6) is 0 Å². The second-order valence-corrected chi connectivity index (χ2v) is 6.46. The molecule has 0 saturated carbocycles. The Morgan fingerprint density at radius 3 is 2.62 bits per heavy atom. The van der Waals surface area contributed by atoms with Crippen molar-refractivity contribution < 1.29 is 9.00 Å². The monoisotopic (exact) mass is 342 g/mol. The number of anilines is 2. The third kappa shape index (κ3) is 4.20. The van der Waals surface area contributed by atoms with Crippen molar-refractivity contribution in [3.8, 4) is 0 Å². The van der Waals surface area contributed by atoms with Crippen LogP contribution in [0.4, 0.5) is 11.4 Å². The number of nitrogens with one attached hydrogen (secondary N) is 1. The molecular formula is C14H12Cl2N2O2S. The van der Waals surface area contributed by atoms with Gasteiger partial charge in [0.2, 0.25) is 5.91 Å². The minimum absolute atomic E-state index is 0.226. The first kappa shape index (κ1) is 15.8. The van der Waals surface area contributed by atoms with Gasteiger partial charge in [-0.1, -0.05) is 35.3 Å². The minimum atomic E-state index is -1.58. The zero-order chi connectivity index (χ0) is 15.4. The molecule has 1 amide bonds. The fourth-order valence-electron chi connectivity index (χ4n) is 1.65. The van der Waals surface area contributed by atoms with Crippen molar-refractivity contribution >= 4 is 51.3 Å². The van der Waals surface area contributed by atoms with Crippen LogP contribution >= 0.6 is 23.2 Å². The van der Waals surface area contributed by atoms with Crippen LogP contribution in [0.25, 0.3) is 0 Å². The molecule has 2 aromatic carbocycles. The van der Waals surface area contributed by atoms with Gasteiger partial charge >= 0.3 is 0 Å². The summed E-state index contributed by atoms with van der Waals surface area (Å²) in [6.45, 7) is 0. The van der Waals surface area contributed by atoms with Gasteiger partial charge in [0.15, 0.2) is 0 Å². The lowest BCUT2D eigenvalue weighted by atomic mass is 10.3. The summed E-state index contributed by atoms with van der Waals surface area (Å²) in [5, 5.41) is 3.44. The number of nitrogens with two attached hydrogens (primary N) is 1. The van der Waals surface area contributed by atoms with Gasteiger partial charge in [0, 0.05) is 10.7 Å². The molecule has 3 N–H and O–H groups in total. The Balaban J connectivity index is 2.08. The first-order valence-electron chi connectivity index (χ1n) is 5.95. The van der Waals surface area contributed by atoms with E-state index in [9.17, 15) is 9.00 Å². The van der Waals surface area contributed by atoms with Crippen LogP contribution in [-0.4, -0.2) is 15.9 Å². The average Bonchev–Trinajstić information content (AvgIpc) is 2.44. The van der Waals surface area contributed by atoms with Gasteiger partial charge in [-0.15, -0.1) is 0 Å².